The van der Waals surface area contributed by atoms with Crippen molar-refractivity contribution in [3.63, 3.8) is 0 Å². The van der Waals surface area contributed by atoms with Crippen molar-refractivity contribution < 1.29 is 9.59 Å². The highest BCUT2D eigenvalue weighted by Crippen LogP contribution is 2.25. The molecule has 1 saturated heterocycles. The molecule has 0 radical (unpaired) electrons. The van der Waals surface area contributed by atoms with Crippen LogP contribution in [0.4, 0.5) is 5.69 Å². The van der Waals surface area contributed by atoms with Crippen molar-refractivity contribution in [3.05, 3.63) is 51.8 Å². The van der Waals surface area contributed by atoms with Crippen molar-refractivity contribution in [1.82, 2.24) is 9.88 Å². The number of rotatable bonds is 4. The summed E-state index contributed by atoms with van der Waals surface area (Å²) in [6.45, 7) is 12.7. The lowest BCUT2D eigenvalue weighted by Crippen LogP contribution is -2.49. The number of hydrogen-bond acceptors (Lipinski definition) is 3. The van der Waals surface area contributed by atoms with Gasteiger partial charge in [-0.1, -0.05) is 19.1 Å². The van der Waals surface area contributed by atoms with Crippen LogP contribution in [0.5, 0.6) is 0 Å². The molecular weight excluding hydrogens is 338 g/mol. The van der Waals surface area contributed by atoms with E-state index in [9.17, 15) is 9.59 Å². The summed E-state index contributed by atoms with van der Waals surface area (Å²) in [5, 5.41) is 0. The van der Waals surface area contributed by atoms with Crippen LogP contribution in [0.3, 0.4) is 0 Å². The molecule has 5 nitrogen and oxygen atoms in total. The molecule has 5 heteroatoms. The number of benzene rings is 1. The quantitative estimate of drug-likeness (QED) is 0.839. The summed E-state index contributed by atoms with van der Waals surface area (Å²) in [5.74, 6) is 0.0162. The van der Waals surface area contributed by atoms with E-state index in [1.807, 2.05) is 18.7 Å². The topological polar surface area (TPSA) is 56.4 Å². The van der Waals surface area contributed by atoms with Gasteiger partial charge in [-0.15, -0.1) is 0 Å². The maximum atomic E-state index is 13.1. The van der Waals surface area contributed by atoms with Gasteiger partial charge in [0.25, 0.3) is 5.91 Å². The van der Waals surface area contributed by atoms with E-state index in [0.29, 0.717) is 30.8 Å². The monoisotopic (exact) mass is 367 g/mol. The Hall–Kier alpha value is -2.56. The highest BCUT2D eigenvalue weighted by Gasteiger charge is 2.28. The molecule has 1 aromatic carbocycles. The molecule has 0 atom stereocenters. The number of nitrogens with zero attached hydrogens (tertiary/aromatic N) is 2. The summed E-state index contributed by atoms with van der Waals surface area (Å²) in [5.41, 5.74) is 6.67. The van der Waals surface area contributed by atoms with Gasteiger partial charge >= 0.3 is 0 Å². The Labute approximate surface area is 161 Å². The van der Waals surface area contributed by atoms with Crippen molar-refractivity contribution >= 4 is 17.4 Å². The first-order chi connectivity index (χ1) is 12.8. The summed E-state index contributed by atoms with van der Waals surface area (Å²) < 4.78 is 0. The number of amides is 1. The molecule has 0 saturated carbocycles. The second kappa shape index (κ2) is 7.59. The Morgan fingerprint density at radius 1 is 1.07 bits per heavy atom. The average molecular weight is 367 g/mol. The third-order valence-electron chi connectivity index (χ3n) is 5.48. The minimum absolute atomic E-state index is 0.00284. The largest absolute Gasteiger partial charge is 0.368 e. The van der Waals surface area contributed by atoms with Crippen LogP contribution in [0.1, 0.15) is 57.1 Å². The fourth-order valence-corrected chi connectivity index (χ4v) is 4.06. The van der Waals surface area contributed by atoms with Crippen LogP contribution >= 0.6 is 0 Å². The number of carbonyl (C=O) groups is 2. The Balaban J connectivity index is 1.77. The number of anilines is 1. The summed E-state index contributed by atoms with van der Waals surface area (Å²) in [7, 11) is 0. The number of aromatic nitrogens is 1. The molecule has 1 amide bonds. The van der Waals surface area contributed by atoms with Crippen LogP contribution in [0.25, 0.3) is 0 Å². The van der Waals surface area contributed by atoms with Gasteiger partial charge in [0.2, 0.25) is 0 Å². The molecule has 2 aromatic rings. The van der Waals surface area contributed by atoms with Crippen molar-refractivity contribution in [3.8, 4) is 0 Å². The number of Topliss-reactive ketones (excluding diaryl/α,β-unsaturated/α-hetero) is 1. The lowest BCUT2D eigenvalue weighted by Gasteiger charge is -2.37. The Bertz CT molecular complexity index is 874. The highest BCUT2D eigenvalue weighted by atomic mass is 16.2. The van der Waals surface area contributed by atoms with Gasteiger partial charge in [0.05, 0.1) is 0 Å². The van der Waals surface area contributed by atoms with E-state index < -0.39 is 0 Å². The van der Waals surface area contributed by atoms with Gasteiger partial charge in [0.1, 0.15) is 5.69 Å². The van der Waals surface area contributed by atoms with Gasteiger partial charge < -0.3 is 14.8 Å². The number of aryl methyl sites for hydroxylation is 3. The molecule has 1 aliphatic heterocycles. The minimum atomic E-state index is 0.00284. The fraction of sp³-hybridized carbons (Fsp3) is 0.455. The van der Waals surface area contributed by atoms with E-state index in [-0.39, 0.29) is 11.7 Å². The molecule has 0 spiro atoms. The van der Waals surface area contributed by atoms with Crippen molar-refractivity contribution in [1.29, 1.82) is 0 Å². The number of aromatic amines is 1. The second-order valence-electron chi connectivity index (χ2n) is 7.46. The zero-order chi connectivity index (χ0) is 19.7. The number of hydrogen-bond donors (Lipinski definition) is 1. The highest BCUT2D eigenvalue weighted by molar-refractivity contribution is 6.02. The number of H-pyrrole nitrogens is 1. The standard InChI is InChI=1S/C22H29N3O2/c1-6-18-20(17(5)26)16(4)23-21(18)22(27)25-11-9-24(10-12-25)19-13-14(2)7-8-15(19)3/h7-8,13,23H,6,9-12H2,1-5H3. The van der Waals surface area contributed by atoms with Crippen LogP contribution in [0, 0.1) is 20.8 Å². The van der Waals surface area contributed by atoms with Crippen molar-refractivity contribution in [2.45, 2.75) is 41.0 Å². The zero-order valence-electron chi connectivity index (χ0n) is 17.0. The van der Waals surface area contributed by atoms with Gasteiger partial charge in [-0.2, -0.15) is 0 Å². The first kappa shape index (κ1) is 19.2. The van der Waals surface area contributed by atoms with Gasteiger partial charge in [-0.3, -0.25) is 9.59 Å². The van der Waals surface area contributed by atoms with Crippen LogP contribution in [0.15, 0.2) is 18.2 Å². The molecule has 144 valence electrons. The normalized spacial score (nSPS) is 14.6. The summed E-state index contributed by atoms with van der Waals surface area (Å²) in [6, 6.07) is 6.50. The Morgan fingerprint density at radius 2 is 1.74 bits per heavy atom. The Kier molecular flexibility index (Phi) is 5.40. The second-order valence-corrected chi connectivity index (χ2v) is 7.46. The number of piperazine rings is 1. The summed E-state index contributed by atoms with van der Waals surface area (Å²) in [6.07, 6.45) is 0.669. The van der Waals surface area contributed by atoms with Crippen LogP contribution in [-0.2, 0) is 6.42 Å². The SMILES string of the molecule is CCc1c(C(=O)N2CCN(c3cc(C)ccc3C)CC2)[nH]c(C)c1C(C)=O. The van der Waals surface area contributed by atoms with E-state index >= 15 is 0 Å². The maximum Gasteiger partial charge on any atom is 0.270 e. The molecule has 0 unspecified atom stereocenters. The predicted molar refractivity (Wildman–Crippen MR) is 109 cm³/mol. The molecule has 3 rings (SSSR count). The van der Waals surface area contributed by atoms with Crippen LogP contribution < -0.4 is 4.90 Å². The number of nitrogens with one attached hydrogen (secondary N) is 1. The van der Waals surface area contributed by atoms with Crippen LogP contribution in [-0.4, -0.2) is 47.8 Å². The van der Waals surface area contributed by atoms with E-state index in [2.05, 4.69) is 41.9 Å². The smallest absolute Gasteiger partial charge is 0.270 e. The molecule has 0 aliphatic carbocycles. The molecule has 0 bridgehead atoms. The van der Waals surface area contributed by atoms with Gasteiger partial charge in [0.15, 0.2) is 5.78 Å². The van der Waals surface area contributed by atoms with E-state index in [4.69, 9.17) is 0 Å². The molecule has 2 heterocycles. The third kappa shape index (κ3) is 3.64. The lowest BCUT2D eigenvalue weighted by molar-refractivity contribution is 0.0740. The molecule has 1 fully saturated rings. The van der Waals surface area contributed by atoms with Gasteiger partial charge in [0, 0.05) is 43.1 Å². The molecule has 1 N–H and O–H groups in total. The van der Waals surface area contributed by atoms with Gasteiger partial charge in [-0.25, -0.2) is 0 Å². The van der Waals surface area contributed by atoms with E-state index in [0.717, 1.165) is 24.3 Å². The molecular formula is C22H29N3O2. The molecule has 27 heavy (non-hydrogen) atoms. The van der Waals surface area contributed by atoms with Crippen molar-refractivity contribution in [2.24, 2.45) is 0 Å². The number of ketones is 1. The fourth-order valence-electron chi connectivity index (χ4n) is 4.06. The lowest BCUT2D eigenvalue weighted by atomic mass is 10.0. The Morgan fingerprint density at radius 3 is 2.33 bits per heavy atom. The minimum Gasteiger partial charge on any atom is -0.368 e. The van der Waals surface area contributed by atoms with E-state index in [1.165, 1.54) is 16.8 Å². The van der Waals surface area contributed by atoms with Crippen molar-refractivity contribution in [2.75, 3.05) is 31.1 Å². The number of carbonyl (C=O) groups excluding carboxylic acids is 2. The van der Waals surface area contributed by atoms with E-state index in [1.54, 1.807) is 6.92 Å². The maximum absolute atomic E-state index is 13.1. The van der Waals surface area contributed by atoms with Crippen LogP contribution in [0.2, 0.25) is 0 Å². The predicted octanol–water partition coefficient (Wildman–Crippen LogP) is 3.67. The average Bonchev–Trinajstić information content (AvgIpc) is 2.99. The molecule has 1 aliphatic rings. The first-order valence-electron chi connectivity index (χ1n) is 9.67. The third-order valence-corrected chi connectivity index (χ3v) is 5.48. The zero-order valence-corrected chi connectivity index (χ0v) is 17.0. The summed E-state index contributed by atoms with van der Waals surface area (Å²) in [4.78, 5) is 32.5. The molecule has 1 aromatic heterocycles. The first-order valence-corrected chi connectivity index (χ1v) is 9.67. The summed E-state index contributed by atoms with van der Waals surface area (Å²) >= 11 is 0. The van der Waals surface area contributed by atoms with Gasteiger partial charge in [-0.05, 0) is 56.9 Å².